The fourth-order valence-electron chi connectivity index (χ4n) is 6.82. The van der Waals surface area contributed by atoms with Crippen LogP contribution in [0.4, 0.5) is 4.79 Å². The van der Waals surface area contributed by atoms with E-state index in [-0.39, 0.29) is 28.2 Å². The lowest BCUT2D eigenvalue weighted by atomic mass is 9.85. The molecule has 6 rings (SSSR count). The minimum absolute atomic E-state index is 0.0194. The molecular formula is C32H38ClN3O6. The van der Waals surface area contributed by atoms with Gasteiger partial charge < -0.3 is 34.1 Å². The molecule has 224 valence electrons. The SMILES string of the molecule is CN1CC[C@H](c2c(OC(=O)N3CCC(N4CCCCC4)CC3)cc(O)c3c(=O)cc(-c4ccccc4Cl)oc23)[C@H](O)C1. The molecule has 0 saturated carbocycles. The number of piperidine rings is 3. The molecule has 2 N–H and O–H groups in total. The second-order valence-electron chi connectivity index (χ2n) is 11.9. The quantitative estimate of drug-likeness (QED) is 0.432. The first-order chi connectivity index (χ1) is 20.3. The van der Waals surface area contributed by atoms with Gasteiger partial charge in [0, 0.05) is 54.9 Å². The smallest absolute Gasteiger partial charge is 0.415 e. The number of likely N-dealkylation sites (N-methyl/N-ethyl adjacent to an activating group) is 1. The molecule has 3 saturated heterocycles. The van der Waals surface area contributed by atoms with E-state index >= 15 is 0 Å². The monoisotopic (exact) mass is 595 g/mol. The summed E-state index contributed by atoms with van der Waals surface area (Å²) in [4.78, 5) is 33.1. The van der Waals surface area contributed by atoms with Crippen LogP contribution in [-0.2, 0) is 0 Å². The largest absolute Gasteiger partial charge is 0.507 e. The molecule has 0 aliphatic carbocycles. The highest BCUT2D eigenvalue weighted by Gasteiger charge is 2.35. The van der Waals surface area contributed by atoms with E-state index < -0.39 is 23.5 Å². The number of aliphatic hydroxyl groups excluding tert-OH is 1. The zero-order valence-corrected chi connectivity index (χ0v) is 24.7. The van der Waals surface area contributed by atoms with Gasteiger partial charge >= 0.3 is 6.09 Å². The van der Waals surface area contributed by atoms with E-state index in [1.165, 1.54) is 31.4 Å². The molecule has 3 aromatic rings. The second-order valence-corrected chi connectivity index (χ2v) is 12.3. The molecule has 0 unspecified atom stereocenters. The molecule has 9 nitrogen and oxygen atoms in total. The molecule has 1 amide bonds. The average molecular weight is 596 g/mol. The standard InChI is InChI=1S/C32H38ClN3O6/c1-34-14-11-22(26(39)19-34)29-28(42-32(40)36-15-9-20(10-16-36)35-12-5-2-6-13-35)18-25(38)30-24(37)17-27(41-31(29)30)21-7-3-4-8-23(21)33/h3-4,7-8,17-18,20,22,26,38-39H,2,5-6,9-16,19H2,1H3/t22-,26+/m0/s1. The fourth-order valence-corrected chi connectivity index (χ4v) is 7.05. The first-order valence-electron chi connectivity index (χ1n) is 15.0. The number of ether oxygens (including phenoxy) is 1. The lowest BCUT2D eigenvalue weighted by molar-refractivity contribution is 0.0622. The minimum atomic E-state index is -0.802. The van der Waals surface area contributed by atoms with Crippen LogP contribution in [-0.4, -0.2) is 89.5 Å². The third-order valence-corrected chi connectivity index (χ3v) is 9.43. The molecular weight excluding hydrogens is 558 g/mol. The van der Waals surface area contributed by atoms with E-state index in [0.717, 1.165) is 25.9 Å². The molecule has 0 radical (unpaired) electrons. The molecule has 42 heavy (non-hydrogen) atoms. The molecule has 3 aliphatic heterocycles. The number of aromatic hydroxyl groups is 1. The van der Waals surface area contributed by atoms with Crippen LogP contribution in [0.1, 0.15) is 50.0 Å². The number of likely N-dealkylation sites (tertiary alicyclic amines) is 3. The summed E-state index contributed by atoms with van der Waals surface area (Å²) in [7, 11) is 1.93. The van der Waals surface area contributed by atoms with Crippen molar-refractivity contribution in [2.75, 3.05) is 46.3 Å². The van der Waals surface area contributed by atoms with Crippen LogP contribution in [0, 0.1) is 0 Å². The van der Waals surface area contributed by atoms with Crippen molar-refractivity contribution in [3.8, 4) is 22.8 Å². The maximum absolute atomic E-state index is 13.5. The van der Waals surface area contributed by atoms with Gasteiger partial charge in [-0.15, -0.1) is 0 Å². The summed E-state index contributed by atoms with van der Waals surface area (Å²) in [5.41, 5.74) is 0.570. The summed E-state index contributed by atoms with van der Waals surface area (Å²) in [5.74, 6) is -0.510. The highest BCUT2D eigenvalue weighted by molar-refractivity contribution is 6.33. The number of phenolic OH excluding ortho intramolecular Hbond substituents is 1. The predicted octanol–water partition coefficient (Wildman–Crippen LogP) is 5.05. The molecule has 2 aromatic carbocycles. The molecule has 10 heteroatoms. The summed E-state index contributed by atoms with van der Waals surface area (Å²) >= 11 is 6.43. The van der Waals surface area contributed by atoms with E-state index in [1.807, 2.05) is 11.9 Å². The van der Waals surface area contributed by atoms with Gasteiger partial charge in [-0.3, -0.25) is 4.79 Å². The van der Waals surface area contributed by atoms with Crippen molar-refractivity contribution in [1.82, 2.24) is 14.7 Å². The second kappa shape index (κ2) is 12.2. The average Bonchev–Trinajstić information content (AvgIpc) is 2.98. The van der Waals surface area contributed by atoms with E-state index in [0.29, 0.717) is 54.8 Å². The molecule has 0 bridgehead atoms. The van der Waals surface area contributed by atoms with Crippen LogP contribution in [0.3, 0.4) is 0 Å². The number of rotatable bonds is 4. The summed E-state index contributed by atoms with van der Waals surface area (Å²) in [5, 5.41) is 22.6. The normalized spacial score (nSPS) is 22.9. The third-order valence-electron chi connectivity index (χ3n) is 9.10. The Morgan fingerprint density at radius 1 is 1.02 bits per heavy atom. The zero-order chi connectivity index (χ0) is 29.4. The first kappa shape index (κ1) is 29.0. The fraction of sp³-hybridized carbons (Fsp3) is 0.500. The number of benzene rings is 2. The Balaban J connectivity index is 1.37. The number of hydrogen-bond acceptors (Lipinski definition) is 8. The van der Waals surface area contributed by atoms with Gasteiger partial charge in [-0.25, -0.2) is 4.79 Å². The first-order valence-corrected chi connectivity index (χ1v) is 15.3. The molecule has 0 spiro atoms. The lowest BCUT2D eigenvalue weighted by Gasteiger charge is -2.40. The summed E-state index contributed by atoms with van der Waals surface area (Å²) < 4.78 is 12.3. The van der Waals surface area contributed by atoms with Crippen LogP contribution in [0.15, 0.2) is 45.6 Å². The van der Waals surface area contributed by atoms with Crippen molar-refractivity contribution in [2.24, 2.45) is 0 Å². The van der Waals surface area contributed by atoms with E-state index in [4.69, 9.17) is 20.8 Å². The minimum Gasteiger partial charge on any atom is -0.507 e. The topological polar surface area (TPSA) is 107 Å². The Hall–Kier alpha value is -3.11. The van der Waals surface area contributed by atoms with Crippen LogP contribution >= 0.6 is 11.6 Å². The van der Waals surface area contributed by atoms with Crippen molar-refractivity contribution >= 4 is 28.7 Å². The number of carbonyl (C=O) groups is 1. The van der Waals surface area contributed by atoms with Gasteiger partial charge in [0.1, 0.15) is 28.2 Å². The number of halogens is 1. The molecule has 1 aromatic heterocycles. The van der Waals surface area contributed by atoms with Gasteiger partial charge in [0.05, 0.1) is 11.1 Å². The third kappa shape index (κ3) is 5.75. The zero-order valence-electron chi connectivity index (χ0n) is 23.9. The molecule has 3 aliphatic rings. The highest BCUT2D eigenvalue weighted by Crippen LogP contribution is 2.44. The van der Waals surface area contributed by atoms with Crippen LogP contribution in [0.2, 0.25) is 5.02 Å². The van der Waals surface area contributed by atoms with Crippen LogP contribution in [0.25, 0.3) is 22.3 Å². The van der Waals surface area contributed by atoms with Crippen LogP contribution < -0.4 is 10.2 Å². The maximum Gasteiger partial charge on any atom is 0.415 e. The Morgan fingerprint density at radius 3 is 2.48 bits per heavy atom. The van der Waals surface area contributed by atoms with E-state index in [2.05, 4.69) is 4.90 Å². The van der Waals surface area contributed by atoms with E-state index in [9.17, 15) is 19.8 Å². The van der Waals surface area contributed by atoms with Gasteiger partial charge in [0.2, 0.25) is 0 Å². The number of nitrogens with zero attached hydrogens (tertiary/aromatic N) is 3. The Bertz CT molecular complexity index is 1510. The number of carbonyl (C=O) groups excluding carboxylic acids is 1. The van der Waals surface area contributed by atoms with Crippen molar-refractivity contribution in [1.29, 1.82) is 0 Å². The number of phenols is 1. The number of fused-ring (bicyclic) bond motifs is 1. The Kier molecular flexibility index (Phi) is 8.45. The molecule has 2 atom stereocenters. The molecule has 4 heterocycles. The van der Waals surface area contributed by atoms with Gasteiger partial charge in [0.15, 0.2) is 5.43 Å². The van der Waals surface area contributed by atoms with Gasteiger partial charge in [-0.1, -0.05) is 30.2 Å². The summed E-state index contributed by atoms with van der Waals surface area (Å²) in [6.07, 6.45) is 4.74. The number of amides is 1. The Morgan fingerprint density at radius 2 is 1.76 bits per heavy atom. The number of hydrogen-bond donors (Lipinski definition) is 2. The van der Waals surface area contributed by atoms with Gasteiger partial charge in [-0.2, -0.15) is 0 Å². The van der Waals surface area contributed by atoms with Crippen molar-refractivity contribution < 1.29 is 24.2 Å². The summed E-state index contributed by atoms with van der Waals surface area (Å²) in [6.45, 7) is 4.49. The number of β-amino-alcohol motifs (C(OH)–C–C–N with tert-alkyl or cyclic N) is 1. The van der Waals surface area contributed by atoms with Crippen molar-refractivity contribution in [2.45, 2.75) is 56.6 Å². The maximum atomic E-state index is 13.5. The molecule has 3 fully saturated rings. The van der Waals surface area contributed by atoms with Crippen molar-refractivity contribution in [3.05, 3.63) is 57.2 Å². The van der Waals surface area contributed by atoms with Crippen LogP contribution in [0.5, 0.6) is 11.5 Å². The predicted molar refractivity (Wildman–Crippen MR) is 161 cm³/mol. The van der Waals surface area contributed by atoms with Gasteiger partial charge in [-0.05, 0) is 70.9 Å². The highest BCUT2D eigenvalue weighted by atomic mass is 35.5. The lowest BCUT2D eigenvalue weighted by Crippen LogP contribution is -2.48. The van der Waals surface area contributed by atoms with E-state index in [1.54, 1.807) is 29.2 Å². The number of aliphatic hydroxyl groups is 1. The Labute approximate surface area is 250 Å². The summed E-state index contributed by atoms with van der Waals surface area (Å²) in [6, 6.07) is 10.1. The van der Waals surface area contributed by atoms with Crippen molar-refractivity contribution in [3.63, 3.8) is 0 Å². The van der Waals surface area contributed by atoms with Gasteiger partial charge in [0.25, 0.3) is 0 Å².